The average Bonchev–Trinajstić information content (AvgIpc) is 3.02. The number of hydrogen-bond donors (Lipinski definition) is 0. The number of para-hydroxylation sites is 1. The van der Waals surface area contributed by atoms with Crippen LogP contribution in [0.3, 0.4) is 0 Å². The van der Waals surface area contributed by atoms with Crippen LogP contribution in [0.4, 0.5) is 5.69 Å². The number of nitrogens with zero attached hydrogens (tertiary/aromatic N) is 1. The SMILES string of the molecule is CCN(C(=O)C1CCOC1)c1ccccc1C(=O)OC. The summed E-state index contributed by atoms with van der Waals surface area (Å²) < 4.78 is 10.0. The highest BCUT2D eigenvalue weighted by molar-refractivity contribution is 6.03. The predicted molar refractivity (Wildman–Crippen MR) is 74.7 cm³/mol. The number of methoxy groups -OCH3 is 1. The van der Waals surface area contributed by atoms with Crippen molar-refractivity contribution in [3.05, 3.63) is 29.8 Å². The van der Waals surface area contributed by atoms with Gasteiger partial charge in [0, 0.05) is 13.2 Å². The molecule has 1 aliphatic rings. The monoisotopic (exact) mass is 277 g/mol. The fraction of sp³-hybridized carbons (Fsp3) is 0.467. The van der Waals surface area contributed by atoms with Crippen LogP contribution < -0.4 is 4.90 Å². The lowest BCUT2D eigenvalue weighted by Gasteiger charge is -2.25. The van der Waals surface area contributed by atoms with Crippen molar-refractivity contribution >= 4 is 17.6 Å². The van der Waals surface area contributed by atoms with E-state index in [4.69, 9.17) is 9.47 Å². The van der Waals surface area contributed by atoms with Gasteiger partial charge in [0.05, 0.1) is 30.9 Å². The number of ether oxygens (including phenoxy) is 2. The minimum absolute atomic E-state index is 0.00125. The van der Waals surface area contributed by atoms with Gasteiger partial charge in [-0.2, -0.15) is 0 Å². The normalized spacial score (nSPS) is 17.8. The molecule has 0 radical (unpaired) electrons. The first-order chi connectivity index (χ1) is 9.69. The molecule has 1 unspecified atom stereocenters. The zero-order chi connectivity index (χ0) is 14.5. The molecule has 1 saturated heterocycles. The van der Waals surface area contributed by atoms with E-state index in [2.05, 4.69) is 0 Å². The first-order valence-electron chi connectivity index (χ1n) is 6.75. The smallest absolute Gasteiger partial charge is 0.339 e. The molecule has 1 aromatic rings. The van der Waals surface area contributed by atoms with Crippen molar-refractivity contribution in [3.63, 3.8) is 0 Å². The maximum absolute atomic E-state index is 12.5. The third kappa shape index (κ3) is 2.82. The van der Waals surface area contributed by atoms with Crippen LogP contribution in [-0.4, -0.2) is 38.7 Å². The summed E-state index contributed by atoms with van der Waals surface area (Å²) in [6.45, 7) is 3.47. The van der Waals surface area contributed by atoms with Gasteiger partial charge in [-0.15, -0.1) is 0 Å². The summed E-state index contributed by atoms with van der Waals surface area (Å²) in [6, 6.07) is 7.00. The van der Waals surface area contributed by atoms with Gasteiger partial charge in [0.2, 0.25) is 5.91 Å². The number of hydrogen-bond acceptors (Lipinski definition) is 4. The van der Waals surface area contributed by atoms with Gasteiger partial charge in [0.25, 0.3) is 0 Å². The Labute approximate surface area is 118 Å². The number of amides is 1. The summed E-state index contributed by atoms with van der Waals surface area (Å²) in [4.78, 5) is 26.0. The van der Waals surface area contributed by atoms with Gasteiger partial charge in [-0.1, -0.05) is 12.1 Å². The molecule has 20 heavy (non-hydrogen) atoms. The molecule has 1 atom stereocenters. The number of esters is 1. The second-order valence-electron chi connectivity index (χ2n) is 4.65. The average molecular weight is 277 g/mol. The lowest BCUT2D eigenvalue weighted by Crippen LogP contribution is -2.37. The molecule has 1 aliphatic heterocycles. The molecule has 0 saturated carbocycles. The van der Waals surface area contributed by atoms with Crippen LogP contribution in [0.1, 0.15) is 23.7 Å². The molecule has 0 aliphatic carbocycles. The van der Waals surface area contributed by atoms with E-state index in [0.29, 0.717) is 31.0 Å². The predicted octanol–water partition coefficient (Wildman–Crippen LogP) is 1.86. The van der Waals surface area contributed by atoms with Gasteiger partial charge in [0.15, 0.2) is 0 Å². The highest BCUT2D eigenvalue weighted by Gasteiger charge is 2.29. The molecular formula is C15H19NO4. The van der Waals surface area contributed by atoms with Crippen LogP contribution >= 0.6 is 0 Å². The van der Waals surface area contributed by atoms with E-state index < -0.39 is 5.97 Å². The van der Waals surface area contributed by atoms with Gasteiger partial charge in [-0.25, -0.2) is 4.79 Å². The summed E-state index contributed by atoms with van der Waals surface area (Å²) in [7, 11) is 1.34. The highest BCUT2D eigenvalue weighted by atomic mass is 16.5. The Hall–Kier alpha value is -1.88. The van der Waals surface area contributed by atoms with Crippen molar-refractivity contribution in [2.45, 2.75) is 13.3 Å². The van der Waals surface area contributed by atoms with Crippen molar-refractivity contribution in [1.29, 1.82) is 0 Å². The molecule has 1 heterocycles. The van der Waals surface area contributed by atoms with Crippen molar-refractivity contribution in [2.24, 2.45) is 5.92 Å². The van der Waals surface area contributed by atoms with Crippen LogP contribution in [0.2, 0.25) is 0 Å². The molecule has 5 heteroatoms. The van der Waals surface area contributed by atoms with Gasteiger partial charge in [-0.3, -0.25) is 4.79 Å². The quantitative estimate of drug-likeness (QED) is 0.788. The molecule has 0 spiro atoms. The molecule has 108 valence electrons. The molecule has 0 bridgehead atoms. The molecule has 1 aromatic carbocycles. The number of anilines is 1. The molecule has 0 N–H and O–H groups in total. The molecule has 0 aromatic heterocycles. The fourth-order valence-electron chi connectivity index (χ4n) is 2.39. The van der Waals surface area contributed by atoms with Crippen molar-refractivity contribution in [3.8, 4) is 0 Å². The van der Waals surface area contributed by atoms with Crippen LogP contribution in [0.25, 0.3) is 0 Å². The van der Waals surface area contributed by atoms with Crippen molar-refractivity contribution in [1.82, 2.24) is 0 Å². The molecular weight excluding hydrogens is 258 g/mol. The number of benzene rings is 1. The largest absolute Gasteiger partial charge is 0.465 e. The topological polar surface area (TPSA) is 55.8 Å². The van der Waals surface area contributed by atoms with E-state index in [1.54, 1.807) is 23.1 Å². The number of rotatable bonds is 4. The number of carbonyl (C=O) groups excluding carboxylic acids is 2. The van der Waals surface area contributed by atoms with E-state index in [1.165, 1.54) is 7.11 Å². The Morgan fingerprint density at radius 1 is 1.40 bits per heavy atom. The molecule has 2 rings (SSSR count). The summed E-state index contributed by atoms with van der Waals surface area (Å²) in [5.74, 6) is -0.559. The lowest BCUT2D eigenvalue weighted by molar-refractivity contribution is -0.122. The van der Waals surface area contributed by atoms with Gasteiger partial charge < -0.3 is 14.4 Å². The van der Waals surface area contributed by atoms with Crippen molar-refractivity contribution < 1.29 is 19.1 Å². The van der Waals surface area contributed by atoms with Crippen LogP contribution in [0, 0.1) is 5.92 Å². The van der Waals surface area contributed by atoms with E-state index in [0.717, 1.165) is 6.42 Å². The number of carbonyl (C=O) groups is 2. The highest BCUT2D eigenvalue weighted by Crippen LogP contribution is 2.25. The summed E-state index contributed by atoms with van der Waals surface area (Å²) in [5, 5.41) is 0. The van der Waals surface area contributed by atoms with E-state index in [9.17, 15) is 9.59 Å². The van der Waals surface area contributed by atoms with Gasteiger partial charge in [-0.05, 0) is 25.5 Å². The minimum atomic E-state index is -0.436. The maximum atomic E-state index is 12.5. The second-order valence-corrected chi connectivity index (χ2v) is 4.65. The first-order valence-corrected chi connectivity index (χ1v) is 6.75. The summed E-state index contributed by atoms with van der Waals surface area (Å²) >= 11 is 0. The standard InChI is InChI=1S/C15H19NO4/c1-3-16(14(17)11-8-9-20-10-11)13-7-5-4-6-12(13)15(18)19-2/h4-7,11H,3,8-10H2,1-2H3. The van der Waals surface area contributed by atoms with Crippen LogP contribution in [-0.2, 0) is 14.3 Å². The van der Waals surface area contributed by atoms with Gasteiger partial charge in [0.1, 0.15) is 0 Å². The Kier molecular flexibility index (Phi) is 4.74. The maximum Gasteiger partial charge on any atom is 0.339 e. The van der Waals surface area contributed by atoms with Crippen LogP contribution in [0.5, 0.6) is 0 Å². The fourth-order valence-corrected chi connectivity index (χ4v) is 2.39. The van der Waals surface area contributed by atoms with E-state index >= 15 is 0 Å². The van der Waals surface area contributed by atoms with E-state index in [1.807, 2.05) is 13.0 Å². The summed E-state index contributed by atoms with van der Waals surface area (Å²) in [6.07, 6.45) is 0.732. The Morgan fingerprint density at radius 2 is 2.15 bits per heavy atom. The summed E-state index contributed by atoms with van der Waals surface area (Å²) in [5.41, 5.74) is 1.00. The Morgan fingerprint density at radius 3 is 2.75 bits per heavy atom. The van der Waals surface area contributed by atoms with Crippen LogP contribution in [0.15, 0.2) is 24.3 Å². The first kappa shape index (κ1) is 14.5. The van der Waals surface area contributed by atoms with Gasteiger partial charge >= 0.3 is 5.97 Å². The third-order valence-corrected chi connectivity index (χ3v) is 3.46. The molecule has 5 nitrogen and oxygen atoms in total. The molecule has 1 amide bonds. The van der Waals surface area contributed by atoms with E-state index in [-0.39, 0.29) is 11.8 Å². The lowest BCUT2D eigenvalue weighted by atomic mass is 10.1. The zero-order valence-corrected chi connectivity index (χ0v) is 11.8. The zero-order valence-electron chi connectivity index (χ0n) is 11.8. The molecule has 1 fully saturated rings. The minimum Gasteiger partial charge on any atom is -0.465 e. The Balaban J connectivity index is 2.31. The Bertz CT molecular complexity index is 494. The second kappa shape index (κ2) is 6.52. The van der Waals surface area contributed by atoms with Crippen molar-refractivity contribution in [2.75, 3.05) is 31.8 Å². The third-order valence-electron chi connectivity index (χ3n) is 3.46.